The highest BCUT2D eigenvalue weighted by Crippen LogP contribution is 2.23. The van der Waals surface area contributed by atoms with Gasteiger partial charge in [-0.05, 0) is 50.3 Å². The first-order valence-electron chi connectivity index (χ1n) is 8.86. The van der Waals surface area contributed by atoms with Gasteiger partial charge in [0.15, 0.2) is 0 Å². The van der Waals surface area contributed by atoms with Gasteiger partial charge in [-0.1, -0.05) is 18.6 Å². The summed E-state index contributed by atoms with van der Waals surface area (Å²) in [5, 5.41) is 12.2. The zero-order valence-corrected chi connectivity index (χ0v) is 14.5. The molecule has 25 heavy (non-hydrogen) atoms. The molecular formula is C18H25N5O2. The van der Waals surface area contributed by atoms with Crippen LogP contribution in [0, 0.1) is 0 Å². The number of aromatic amines is 1. The van der Waals surface area contributed by atoms with Crippen molar-refractivity contribution in [2.75, 3.05) is 0 Å². The molecule has 1 heterocycles. The Balaban J connectivity index is 1.42. The number of nitrogens with zero attached hydrogens (tertiary/aromatic N) is 2. The summed E-state index contributed by atoms with van der Waals surface area (Å²) in [6.07, 6.45) is 7.90. The van der Waals surface area contributed by atoms with E-state index in [-0.39, 0.29) is 12.1 Å². The van der Waals surface area contributed by atoms with Crippen LogP contribution in [0.4, 0.5) is 4.79 Å². The summed E-state index contributed by atoms with van der Waals surface area (Å²) in [7, 11) is 0. The Morgan fingerprint density at radius 1 is 1.28 bits per heavy atom. The van der Waals surface area contributed by atoms with Gasteiger partial charge in [0.05, 0.1) is 12.1 Å². The van der Waals surface area contributed by atoms with Crippen LogP contribution < -0.4 is 15.4 Å². The number of aromatic nitrogens is 3. The SMILES string of the molecule is CC(NC(=O)NCc1ccc(OC2CCCCC2)cc1)c1ncn[nH]1. The minimum absolute atomic E-state index is 0.228. The van der Waals surface area contributed by atoms with E-state index in [0.29, 0.717) is 18.5 Å². The molecule has 0 saturated heterocycles. The van der Waals surface area contributed by atoms with Gasteiger partial charge in [0.2, 0.25) is 0 Å². The summed E-state index contributed by atoms with van der Waals surface area (Å²) in [6.45, 7) is 2.30. The summed E-state index contributed by atoms with van der Waals surface area (Å²) in [5.74, 6) is 1.53. The van der Waals surface area contributed by atoms with Crippen molar-refractivity contribution < 1.29 is 9.53 Å². The van der Waals surface area contributed by atoms with Gasteiger partial charge in [-0.25, -0.2) is 9.78 Å². The lowest BCUT2D eigenvalue weighted by Crippen LogP contribution is -2.37. The van der Waals surface area contributed by atoms with Crippen LogP contribution in [0.15, 0.2) is 30.6 Å². The fourth-order valence-electron chi connectivity index (χ4n) is 2.98. The topological polar surface area (TPSA) is 91.9 Å². The largest absolute Gasteiger partial charge is 0.490 e. The van der Waals surface area contributed by atoms with Gasteiger partial charge in [-0.3, -0.25) is 5.10 Å². The van der Waals surface area contributed by atoms with Gasteiger partial charge >= 0.3 is 6.03 Å². The lowest BCUT2D eigenvalue weighted by atomic mass is 9.98. The van der Waals surface area contributed by atoms with E-state index >= 15 is 0 Å². The maximum Gasteiger partial charge on any atom is 0.315 e. The number of benzene rings is 1. The zero-order valence-electron chi connectivity index (χ0n) is 14.5. The average Bonchev–Trinajstić information content (AvgIpc) is 3.17. The number of carbonyl (C=O) groups is 1. The van der Waals surface area contributed by atoms with Crippen molar-refractivity contribution in [2.45, 2.75) is 57.7 Å². The first-order chi connectivity index (χ1) is 12.2. The third-order valence-corrected chi connectivity index (χ3v) is 4.42. The third kappa shape index (κ3) is 5.20. The van der Waals surface area contributed by atoms with Crippen molar-refractivity contribution in [2.24, 2.45) is 0 Å². The van der Waals surface area contributed by atoms with Crippen molar-refractivity contribution in [3.63, 3.8) is 0 Å². The molecule has 0 bridgehead atoms. The molecule has 7 heteroatoms. The van der Waals surface area contributed by atoms with Crippen molar-refractivity contribution in [1.29, 1.82) is 0 Å². The number of ether oxygens (including phenoxy) is 1. The highest BCUT2D eigenvalue weighted by atomic mass is 16.5. The van der Waals surface area contributed by atoms with Gasteiger partial charge in [-0.2, -0.15) is 5.10 Å². The number of hydrogen-bond acceptors (Lipinski definition) is 4. The molecule has 1 unspecified atom stereocenters. The molecule has 1 aliphatic carbocycles. The first kappa shape index (κ1) is 17.3. The molecule has 1 atom stereocenters. The normalized spacial score (nSPS) is 16.2. The number of rotatable bonds is 6. The summed E-state index contributed by atoms with van der Waals surface area (Å²) in [5.41, 5.74) is 1.03. The van der Waals surface area contributed by atoms with Crippen LogP contribution in [0.2, 0.25) is 0 Å². The Hall–Kier alpha value is -2.57. The van der Waals surface area contributed by atoms with E-state index in [9.17, 15) is 4.79 Å². The maximum atomic E-state index is 11.9. The average molecular weight is 343 g/mol. The number of amides is 2. The molecule has 3 rings (SSSR count). The molecule has 1 aromatic heterocycles. The van der Waals surface area contributed by atoms with E-state index in [1.807, 2.05) is 31.2 Å². The van der Waals surface area contributed by atoms with Crippen LogP contribution in [0.25, 0.3) is 0 Å². The Bertz CT molecular complexity index is 651. The van der Waals surface area contributed by atoms with Crippen LogP contribution in [-0.2, 0) is 6.54 Å². The number of nitrogens with one attached hydrogen (secondary N) is 3. The van der Waals surface area contributed by atoms with E-state index in [1.54, 1.807) is 0 Å². The highest BCUT2D eigenvalue weighted by Gasteiger charge is 2.15. The number of H-pyrrole nitrogens is 1. The molecule has 3 N–H and O–H groups in total. The van der Waals surface area contributed by atoms with Crippen molar-refractivity contribution >= 4 is 6.03 Å². The van der Waals surface area contributed by atoms with E-state index in [1.165, 1.54) is 25.6 Å². The van der Waals surface area contributed by atoms with Crippen LogP contribution >= 0.6 is 0 Å². The highest BCUT2D eigenvalue weighted by molar-refractivity contribution is 5.74. The zero-order chi connectivity index (χ0) is 17.5. The van der Waals surface area contributed by atoms with Crippen LogP contribution in [-0.4, -0.2) is 27.3 Å². The van der Waals surface area contributed by atoms with Crippen LogP contribution in [0.1, 0.15) is 56.5 Å². The molecule has 2 aromatic rings. The van der Waals surface area contributed by atoms with E-state index in [4.69, 9.17) is 4.74 Å². The molecule has 7 nitrogen and oxygen atoms in total. The predicted molar refractivity (Wildman–Crippen MR) is 94.1 cm³/mol. The maximum absolute atomic E-state index is 11.9. The molecular weight excluding hydrogens is 318 g/mol. The molecule has 1 aliphatic rings. The van der Waals surface area contributed by atoms with E-state index in [2.05, 4.69) is 25.8 Å². The molecule has 0 radical (unpaired) electrons. The standard InChI is InChI=1S/C18H25N5O2/c1-13(17-20-12-21-23-17)22-18(24)19-11-14-7-9-16(10-8-14)25-15-5-3-2-4-6-15/h7-10,12-13,15H,2-6,11H2,1H3,(H2,19,22,24)(H,20,21,23). The van der Waals surface area contributed by atoms with E-state index in [0.717, 1.165) is 24.2 Å². The lowest BCUT2D eigenvalue weighted by Gasteiger charge is -2.23. The smallest absolute Gasteiger partial charge is 0.315 e. The van der Waals surface area contributed by atoms with Gasteiger partial charge in [-0.15, -0.1) is 0 Å². The summed E-state index contributed by atoms with van der Waals surface area (Å²) < 4.78 is 6.01. The molecule has 0 aliphatic heterocycles. The summed E-state index contributed by atoms with van der Waals surface area (Å²) in [6, 6.07) is 7.44. The Morgan fingerprint density at radius 3 is 2.72 bits per heavy atom. The van der Waals surface area contributed by atoms with Crippen molar-refractivity contribution in [3.05, 3.63) is 42.0 Å². The molecule has 134 valence electrons. The lowest BCUT2D eigenvalue weighted by molar-refractivity contribution is 0.155. The monoisotopic (exact) mass is 343 g/mol. The van der Waals surface area contributed by atoms with Crippen molar-refractivity contribution in [3.8, 4) is 5.75 Å². The fraction of sp³-hybridized carbons (Fsp3) is 0.500. The number of urea groups is 1. The minimum Gasteiger partial charge on any atom is -0.490 e. The number of carbonyl (C=O) groups excluding carboxylic acids is 1. The third-order valence-electron chi connectivity index (χ3n) is 4.42. The van der Waals surface area contributed by atoms with Gasteiger partial charge < -0.3 is 15.4 Å². The molecule has 1 aromatic carbocycles. The Kier molecular flexibility index (Phi) is 5.87. The second-order valence-electron chi connectivity index (χ2n) is 6.44. The van der Waals surface area contributed by atoms with Gasteiger partial charge in [0.25, 0.3) is 0 Å². The van der Waals surface area contributed by atoms with Crippen LogP contribution in [0.5, 0.6) is 5.75 Å². The Labute approximate surface area is 147 Å². The second-order valence-corrected chi connectivity index (χ2v) is 6.44. The summed E-state index contributed by atoms with van der Waals surface area (Å²) >= 11 is 0. The number of hydrogen-bond donors (Lipinski definition) is 3. The quantitative estimate of drug-likeness (QED) is 0.751. The predicted octanol–water partition coefficient (Wildman–Crippen LogP) is 3.08. The van der Waals surface area contributed by atoms with Gasteiger partial charge in [0.1, 0.15) is 17.9 Å². The Morgan fingerprint density at radius 2 is 2.04 bits per heavy atom. The molecule has 2 amide bonds. The minimum atomic E-state index is -0.244. The van der Waals surface area contributed by atoms with Crippen molar-refractivity contribution in [1.82, 2.24) is 25.8 Å². The molecule has 0 spiro atoms. The van der Waals surface area contributed by atoms with Crippen LogP contribution in [0.3, 0.4) is 0 Å². The van der Waals surface area contributed by atoms with E-state index < -0.39 is 0 Å². The molecule has 1 saturated carbocycles. The van der Waals surface area contributed by atoms with Gasteiger partial charge in [0, 0.05) is 6.54 Å². The molecule has 1 fully saturated rings. The summed E-state index contributed by atoms with van der Waals surface area (Å²) in [4.78, 5) is 16.0. The second kappa shape index (κ2) is 8.50. The first-order valence-corrected chi connectivity index (χ1v) is 8.86. The fourth-order valence-corrected chi connectivity index (χ4v) is 2.98.